The van der Waals surface area contributed by atoms with Crippen LogP contribution in [0.1, 0.15) is 61.2 Å². The molecule has 0 aromatic heterocycles. The van der Waals surface area contributed by atoms with Crippen molar-refractivity contribution in [3.05, 3.63) is 575 Å². The number of hydrogen-bond acceptors (Lipinski definition) is 1. The average Bonchev–Trinajstić information content (AvgIpc) is 0.826. The van der Waals surface area contributed by atoms with Gasteiger partial charge in [-0.2, -0.15) is 172 Å². The normalized spacial score (nSPS) is 9.88. The smallest absolute Gasteiger partial charge is 0.670 e. The predicted molar refractivity (Wildman–Crippen MR) is 476 cm³/mol. The molecule has 0 aliphatic carbocycles. The first-order valence-corrected chi connectivity index (χ1v) is 39.0. The van der Waals surface area contributed by atoms with Crippen molar-refractivity contribution >= 4 is 42.6 Å². The Balaban J connectivity index is 0.000000246. The largest absolute Gasteiger partial charge is 4.00 e. The Labute approximate surface area is 705 Å². The van der Waals surface area contributed by atoms with Gasteiger partial charge in [0.25, 0.3) is 0 Å². The molecule has 4 nitrogen and oxygen atoms in total. The number of amidine groups is 1. The first-order chi connectivity index (χ1) is 53.6. The fourth-order valence-electron chi connectivity index (χ4n) is 9.98. The molecule has 0 saturated heterocycles. The van der Waals surface area contributed by atoms with E-state index < -0.39 is 15.8 Å². The van der Waals surface area contributed by atoms with Crippen molar-refractivity contribution in [3.63, 3.8) is 0 Å². The molecule has 554 valence electrons. The number of hydrogen-bond donors (Lipinski definition) is 1. The van der Waals surface area contributed by atoms with Crippen molar-refractivity contribution in [1.29, 1.82) is 0 Å². The van der Waals surface area contributed by atoms with Crippen LogP contribution in [0, 0.1) is 48.5 Å². The van der Waals surface area contributed by atoms with Gasteiger partial charge < -0.3 is 16.0 Å². The summed E-state index contributed by atoms with van der Waals surface area (Å²) >= 11 is 0. The Hall–Kier alpha value is -10.6. The van der Waals surface area contributed by atoms with E-state index >= 15 is 0 Å². The van der Waals surface area contributed by atoms with Gasteiger partial charge in [-0.3, -0.25) is 4.99 Å². The second-order valence-electron chi connectivity index (χ2n) is 24.4. The topological polar surface area (TPSA) is 52.6 Å². The molecule has 0 fully saturated rings. The first kappa shape index (κ1) is 91.0. The molecule has 0 amide bonds. The molecule has 0 heterocycles. The van der Waals surface area contributed by atoms with Gasteiger partial charge in [0.2, 0.25) is 0 Å². The predicted octanol–water partition coefficient (Wildman–Crippen LogP) is 25.1. The van der Waals surface area contributed by atoms with Crippen molar-refractivity contribution in [3.8, 4) is 0 Å². The molecule has 8 heteroatoms. The van der Waals surface area contributed by atoms with Crippen LogP contribution in [0.25, 0.3) is 10.6 Å². The third-order valence-electron chi connectivity index (χ3n) is 15.5. The van der Waals surface area contributed by atoms with Crippen LogP contribution in [0.15, 0.2) is 460 Å². The molecule has 111 heavy (non-hydrogen) atoms. The minimum atomic E-state index is -0.768. The van der Waals surface area contributed by atoms with Crippen LogP contribution in [0.3, 0.4) is 0 Å². The zero-order chi connectivity index (χ0) is 76.7. The molecule has 0 bridgehead atoms. The fourth-order valence-corrected chi connectivity index (χ4v) is 14.5. The van der Waals surface area contributed by atoms with E-state index in [1.165, 1.54) is 43.5 Å². The molecular weight excluding hydrogens is 1710 g/mol. The van der Waals surface area contributed by atoms with Crippen LogP contribution in [-0.4, -0.2) is 11.5 Å². The summed E-state index contributed by atoms with van der Waals surface area (Å²) in [5, 5.41) is 19.1. The van der Waals surface area contributed by atoms with Gasteiger partial charge in [0.1, 0.15) is 5.58 Å². The second kappa shape index (κ2) is 57.5. The van der Waals surface area contributed by atoms with Gasteiger partial charge in [-0.25, -0.2) is 5.91 Å². The van der Waals surface area contributed by atoms with Gasteiger partial charge in [-0.1, -0.05) is 304 Å². The molecule has 0 atom stereocenters. The second-order valence-corrected chi connectivity index (χ2v) is 28.8. The number of aliphatic imine (C=N–C) groups is 1. The Morgan fingerprint density at radius 2 is 0.441 bits per heavy atom. The van der Waals surface area contributed by atoms with E-state index in [9.17, 15) is 0 Å². The maximum Gasteiger partial charge on any atom is 4.00 e. The molecule has 0 aliphatic heterocycles. The first-order valence-electron chi connectivity index (χ1n) is 36.2. The van der Waals surface area contributed by atoms with E-state index in [1.54, 1.807) is 0 Å². The van der Waals surface area contributed by atoms with Crippen LogP contribution in [0.5, 0.6) is 0 Å². The fraction of sp³-hybridized carbons (Fsp3) is 0.0485. The van der Waals surface area contributed by atoms with Crippen LogP contribution in [0.4, 0.5) is 0 Å². The van der Waals surface area contributed by atoms with Gasteiger partial charge >= 0.3 is 25.8 Å². The molecule has 15 rings (SSSR count). The summed E-state index contributed by atoms with van der Waals surface area (Å²) in [5.41, 5.74) is 13.5. The van der Waals surface area contributed by atoms with Gasteiger partial charge in [0, 0.05) is 40.3 Å². The van der Waals surface area contributed by atoms with E-state index in [0.29, 0.717) is 19.6 Å². The number of rotatable bonds is 16. The Morgan fingerprint density at radius 3 is 0.658 bits per heavy atom. The number of nitrogens with one attached hydrogen (secondary N) is 1. The molecule has 1 N–H and O–H groups in total. The molecular formula is C103H99Hf2N4P2-5. The SMILES string of the molecule is [CH2-]c1ccccc1.[CH2-]c1ccccc1.[CH2-]c1ccccc1.[CH2-]c1ccccc1.[CH2-]c1ccccc1.[CH2-]c1ccccc1.[CH2-]c1ccccc1.[Hf+4].[Hf].c1ccc(CN=C(NCc2ccccc2)P(c2ccccc2)c2ccccc2)cc1.c1ccc(C[N-]C([N-]Cc2ccccc2)P(c2ccccc2)c2ccccc2)cc1. The quantitative estimate of drug-likeness (QED) is 0.0339. The summed E-state index contributed by atoms with van der Waals surface area (Å²) in [5.74, 6) is -0.106. The maximum atomic E-state index is 5.12. The summed E-state index contributed by atoms with van der Waals surface area (Å²) in [6.45, 7) is 28.8. The Morgan fingerprint density at radius 1 is 0.252 bits per heavy atom. The van der Waals surface area contributed by atoms with Crippen LogP contribution in [0.2, 0.25) is 0 Å². The van der Waals surface area contributed by atoms with Crippen molar-refractivity contribution < 1.29 is 51.7 Å². The van der Waals surface area contributed by atoms with Crippen LogP contribution in [-0.2, 0) is 77.9 Å². The molecule has 15 aromatic rings. The molecule has 0 spiro atoms. The zero-order valence-corrected chi connectivity index (χ0v) is 72.4. The minimum absolute atomic E-state index is 0. The standard InChI is InChI=1S/2C27H25N2P.7C7H7.2Hf/c2*1-5-13-23(14-6-1)21-28-27(29-22-24-15-7-2-8-16-24)30(25-17-9-3-10-18-25)26-19-11-4-12-20-26;7*1-7-5-3-2-4-6-7;;/h1-20H,21-22H2,(H,28,29);1-20,27H,21-22H2;7*2-6H,1H2;;/q;-2;7*-1;;+4. The van der Waals surface area contributed by atoms with E-state index in [1.807, 2.05) is 231 Å². The molecule has 0 saturated carbocycles. The summed E-state index contributed by atoms with van der Waals surface area (Å²) in [6, 6.07) is 154. The maximum absolute atomic E-state index is 5.12. The third kappa shape index (κ3) is 40.1. The summed E-state index contributed by atoms with van der Waals surface area (Å²) in [7, 11) is -1.51. The number of benzene rings is 15. The minimum Gasteiger partial charge on any atom is -0.670 e. The van der Waals surface area contributed by atoms with Crippen LogP contribution < -0.4 is 26.5 Å². The van der Waals surface area contributed by atoms with Gasteiger partial charge in [0.05, 0.1) is 6.54 Å². The summed E-state index contributed by atoms with van der Waals surface area (Å²) < 4.78 is 0. The molecule has 0 unspecified atom stereocenters. The van der Waals surface area contributed by atoms with E-state index in [-0.39, 0.29) is 57.6 Å². The summed E-state index contributed by atoms with van der Waals surface area (Å²) in [6.07, 6.45) is 0. The Kier molecular flexibility index (Phi) is 47.1. The number of nitrogens with zero attached hydrogens (tertiary/aromatic N) is 3. The molecule has 15 aromatic carbocycles. The monoisotopic (exact) mass is 1810 g/mol. The van der Waals surface area contributed by atoms with Crippen molar-refractivity contribution in [2.75, 3.05) is 0 Å². The van der Waals surface area contributed by atoms with Gasteiger partial charge in [-0.15, -0.1) is 98.0 Å². The van der Waals surface area contributed by atoms with E-state index in [2.05, 4.69) is 278 Å². The summed E-state index contributed by atoms with van der Waals surface area (Å²) in [4.78, 5) is 5.10. The molecule has 0 aliphatic rings. The zero-order valence-electron chi connectivity index (χ0n) is 63.4. The Bertz CT molecular complexity index is 4170. The van der Waals surface area contributed by atoms with Gasteiger partial charge in [0.15, 0.2) is 0 Å². The third-order valence-corrected chi connectivity index (χ3v) is 20.4. The van der Waals surface area contributed by atoms with Crippen molar-refractivity contribution in [2.24, 2.45) is 4.99 Å². The van der Waals surface area contributed by atoms with Crippen LogP contribution >= 0.6 is 15.8 Å². The van der Waals surface area contributed by atoms with E-state index in [4.69, 9.17) is 15.6 Å². The van der Waals surface area contributed by atoms with E-state index in [0.717, 1.165) is 51.1 Å². The average molecular weight is 1810 g/mol. The van der Waals surface area contributed by atoms with Crippen molar-refractivity contribution in [2.45, 2.75) is 32.1 Å². The molecule has 0 radical (unpaired) electrons. The van der Waals surface area contributed by atoms with Crippen molar-refractivity contribution in [1.82, 2.24) is 5.32 Å². The van der Waals surface area contributed by atoms with Gasteiger partial charge in [-0.05, 0) is 32.3 Å².